The highest BCUT2D eigenvalue weighted by atomic mass is 16.3. The number of nitrogens with one attached hydrogen (secondary N) is 1. The predicted molar refractivity (Wildman–Crippen MR) is 58.9 cm³/mol. The first-order valence-electron chi connectivity index (χ1n) is 5.39. The molecule has 1 aromatic carbocycles. The van der Waals surface area contributed by atoms with E-state index in [1.54, 1.807) is 12.1 Å². The van der Waals surface area contributed by atoms with Crippen molar-refractivity contribution in [3.05, 3.63) is 29.8 Å². The topological polar surface area (TPSA) is 52.5 Å². The number of hydrogen-bond donors (Lipinski definition) is 3. The van der Waals surface area contributed by atoms with Gasteiger partial charge in [0, 0.05) is 13.0 Å². The maximum absolute atomic E-state index is 10.3. The van der Waals surface area contributed by atoms with Crippen molar-refractivity contribution in [2.45, 2.75) is 24.9 Å². The maximum atomic E-state index is 10.3. The van der Waals surface area contributed by atoms with E-state index in [4.69, 9.17) is 5.11 Å². The van der Waals surface area contributed by atoms with Gasteiger partial charge >= 0.3 is 0 Å². The number of hydrogen-bond acceptors (Lipinski definition) is 3. The van der Waals surface area contributed by atoms with Gasteiger partial charge < -0.3 is 15.5 Å². The van der Waals surface area contributed by atoms with Crippen LogP contribution in [0.4, 0.5) is 0 Å². The second-order valence-electron chi connectivity index (χ2n) is 4.35. The fourth-order valence-electron chi connectivity index (χ4n) is 2.10. The predicted octanol–water partition coefficient (Wildman–Crippen LogP) is 1.05. The van der Waals surface area contributed by atoms with Gasteiger partial charge in [-0.15, -0.1) is 0 Å². The number of benzene rings is 1. The van der Waals surface area contributed by atoms with Gasteiger partial charge in [-0.25, -0.2) is 0 Å². The van der Waals surface area contributed by atoms with Crippen molar-refractivity contribution >= 4 is 0 Å². The van der Waals surface area contributed by atoms with E-state index in [-0.39, 0.29) is 5.75 Å². The quantitative estimate of drug-likeness (QED) is 0.679. The standard InChI is InChI=1S/C12H17NO2/c14-11-4-2-10(3-5-11)8-12(15)6-1-7-13-9-12/h2-5,13-15H,1,6-9H2. The fourth-order valence-corrected chi connectivity index (χ4v) is 2.10. The summed E-state index contributed by atoms with van der Waals surface area (Å²) in [4.78, 5) is 0. The smallest absolute Gasteiger partial charge is 0.115 e. The van der Waals surface area contributed by atoms with E-state index in [0.29, 0.717) is 13.0 Å². The van der Waals surface area contributed by atoms with Gasteiger partial charge in [0.2, 0.25) is 0 Å². The lowest BCUT2D eigenvalue weighted by molar-refractivity contribution is 0.0169. The summed E-state index contributed by atoms with van der Waals surface area (Å²) in [6, 6.07) is 7.05. The Morgan fingerprint density at radius 3 is 2.60 bits per heavy atom. The Hall–Kier alpha value is -1.06. The average molecular weight is 207 g/mol. The summed E-state index contributed by atoms with van der Waals surface area (Å²) >= 11 is 0. The molecular formula is C12H17NO2. The number of phenols is 1. The molecule has 1 atom stereocenters. The molecule has 1 aliphatic heterocycles. The molecule has 0 radical (unpaired) electrons. The fraction of sp³-hybridized carbons (Fsp3) is 0.500. The highest BCUT2D eigenvalue weighted by molar-refractivity contribution is 5.27. The van der Waals surface area contributed by atoms with Crippen molar-refractivity contribution in [1.82, 2.24) is 5.32 Å². The van der Waals surface area contributed by atoms with E-state index in [0.717, 1.165) is 24.9 Å². The lowest BCUT2D eigenvalue weighted by Gasteiger charge is -2.32. The van der Waals surface area contributed by atoms with Crippen molar-refractivity contribution in [1.29, 1.82) is 0 Å². The lowest BCUT2D eigenvalue weighted by Crippen LogP contribution is -2.47. The Morgan fingerprint density at radius 2 is 2.00 bits per heavy atom. The number of piperidine rings is 1. The van der Waals surface area contributed by atoms with E-state index >= 15 is 0 Å². The summed E-state index contributed by atoms with van der Waals surface area (Å²) < 4.78 is 0. The Labute approximate surface area is 89.8 Å². The first-order valence-corrected chi connectivity index (χ1v) is 5.39. The molecule has 1 aromatic rings. The van der Waals surface area contributed by atoms with Crippen LogP contribution in [-0.4, -0.2) is 28.9 Å². The molecule has 3 heteroatoms. The molecule has 0 saturated carbocycles. The molecule has 0 aliphatic carbocycles. The van der Waals surface area contributed by atoms with Gasteiger partial charge in [0.1, 0.15) is 5.75 Å². The number of phenolic OH excluding ortho intramolecular Hbond substituents is 1. The van der Waals surface area contributed by atoms with Gasteiger partial charge in [0.05, 0.1) is 5.60 Å². The van der Waals surface area contributed by atoms with E-state index in [1.807, 2.05) is 12.1 Å². The third-order valence-electron chi connectivity index (χ3n) is 2.92. The van der Waals surface area contributed by atoms with Gasteiger partial charge in [-0.05, 0) is 37.1 Å². The van der Waals surface area contributed by atoms with Crippen molar-refractivity contribution in [3.63, 3.8) is 0 Å². The van der Waals surface area contributed by atoms with Crippen LogP contribution in [0, 0.1) is 0 Å². The summed E-state index contributed by atoms with van der Waals surface area (Å²) in [5, 5.41) is 22.6. The first kappa shape index (κ1) is 10.5. The monoisotopic (exact) mass is 207 g/mol. The summed E-state index contributed by atoms with van der Waals surface area (Å²) in [6.07, 6.45) is 2.52. The van der Waals surface area contributed by atoms with Crippen LogP contribution >= 0.6 is 0 Å². The zero-order chi connectivity index (χ0) is 10.7. The van der Waals surface area contributed by atoms with Gasteiger partial charge in [0.15, 0.2) is 0 Å². The van der Waals surface area contributed by atoms with E-state index in [9.17, 15) is 5.11 Å². The van der Waals surface area contributed by atoms with Crippen LogP contribution in [0.5, 0.6) is 5.75 Å². The summed E-state index contributed by atoms with van der Waals surface area (Å²) in [5.74, 6) is 0.271. The summed E-state index contributed by atoms with van der Waals surface area (Å²) in [5.41, 5.74) is 0.453. The molecule has 3 nitrogen and oxygen atoms in total. The molecule has 1 heterocycles. The third-order valence-corrected chi connectivity index (χ3v) is 2.92. The molecule has 1 unspecified atom stereocenters. The molecule has 3 N–H and O–H groups in total. The highest BCUT2D eigenvalue weighted by Gasteiger charge is 2.28. The summed E-state index contributed by atoms with van der Waals surface area (Å²) in [6.45, 7) is 1.66. The molecule has 2 rings (SSSR count). The number of β-amino-alcohol motifs (C(OH)–C–C–N with tert-alkyl or cyclic N) is 1. The molecule has 1 saturated heterocycles. The SMILES string of the molecule is Oc1ccc(CC2(O)CCCNC2)cc1. The van der Waals surface area contributed by atoms with E-state index < -0.39 is 5.60 Å². The third kappa shape index (κ3) is 2.70. The van der Waals surface area contributed by atoms with Gasteiger partial charge in [0.25, 0.3) is 0 Å². The van der Waals surface area contributed by atoms with Crippen LogP contribution in [-0.2, 0) is 6.42 Å². The van der Waals surface area contributed by atoms with Gasteiger partial charge in [-0.3, -0.25) is 0 Å². The highest BCUT2D eigenvalue weighted by Crippen LogP contribution is 2.22. The lowest BCUT2D eigenvalue weighted by atomic mass is 9.87. The van der Waals surface area contributed by atoms with E-state index in [1.165, 1.54) is 0 Å². The Kier molecular flexibility index (Phi) is 2.93. The second kappa shape index (κ2) is 4.21. The van der Waals surface area contributed by atoms with Crippen molar-refractivity contribution in [2.75, 3.05) is 13.1 Å². The minimum atomic E-state index is -0.616. The molecule has 0 bridgehead atoms. The van der Waals surface area contributed by atoms with Crippen LogP contribution in [0.1, 0.15) is 18.4 Å². The zero-order valence-electron chi connectivity index (χ0n) is 8.74. The second-order valence-corrected chi connectivity index (χ2v) is 4.35. The minimum Gasteiger partial charge on any atom is -0.508 e. The van der Waals surface area contributed by atoms with Crippen molar-refractivity contribution in [3.8, 4) is 5.75 Å². The van der Waals surface area contributed by atoms with Crippen molar-refractivity contribution in [2.24, 2.45) is 0 Å². The zero-order valence-corrected chi connectivity index (χ0v) is 8.74. The first-order chi connectivity index (χ1) is 7.18. The average Bonchev–Trinajstić information content (AvgIpc) is 2.22. The molecule has 0 amide bonds. The van der Waals surface area contributed by atoms with E-state index in [2.05, 4.69) is 5.32 Å². The minimum absolute atomic E-state index is 0.271. The molecule has 0 aromatic heterocycles. The Bertz CT molecular complexity index is 315. The molecular weight excluding hydrogens is 190 g/mol. The van der Waals surface area contributed by atoms with Gasteiger partial charge in [-0.1, -0.05) is 12.1 Å². The van der Waals surface area contributed by atoms with Crippen molar-refractivity contribution < 1.29 is 10.2 Å². The molecule has 1 aliphatic rings. The summed E-state index contributed by atoms with van der Waals surface area (Å²) in [7, 11) is 0. The van der Waals surface area contributed by atoms with Crippen LogP contribution in [0.2, 0.25) is 0 Å². The number of aromatic hydroxyl groups is 1. The van der Waals surface area contributed by atoms with Crippen LogP contribution in [0.15, 0.2) is 24.3 Å². The van der Waals surface area contributed by atoms with Gasteiger partial charge in [-0.2, -0.15) is 0 Å². The molecule has 0 spiro atoms. The largest absolute Gasteiger partial charge is 0.508 e. The number of aliphatic hydroxyl groups is 1. The number of rotatable bonds is 2. The normalized spacial score (nSPS) is 26.5. The van der Waals surface area contributed by atoms with Crippen LogP contribution < -0.4 is 5.32 Å². The maximum Gasteiger partial charge on any atom is 0.115 e. The Morgan fingerprint density at radius 1 is 1.27 bits per heavy atom. The van der Waals surface area contributed by atoms with Crippen LogP contribution in [0.3, 0.4) is 0 Å². The molecule has 1 fully saturated rings. The Balaban J connectivity index is 2.03. The molecule has 15 heavy (non-hydrogen) atoms. The van der Waals surface area contributed by atoms with Crippen LogP contribution in [0.25, 0.3) is 0 Å². The molecule has 82 valence electrons.